The molecule has 0 aliphatic carbocycles. The van der Waals surface area contributed by atoms with Crippen LogP contribution in [-0.2, 0) is 93.3 Å². The molecular weight excluding hydrogens is 2160 g/mol. The molecule has 11 aromatic rings. The largest absolute Gasteiger partial charge is 0.416 e. The Bertz CT molecular complexity index is 4430. The van der Waals surface area contributed by atoms with Crippen molar-refractivity contribution in [2.45, 2.75) is 211 Å². The average Bonchev–Trinajstić information content (AvgIpc) is 0.763. The Morgan fingerprint density at radius 2 is 0.696 bits per heavy atom. The van der Waals surface area contributed by atoms with Gasteiger partial charge in [-0.15, -0.1) is 118 Å². The van der Waals surface area contributed by atoms with Crippen LogP contribution >= 0.6 is 0 Å². The van der Waals surface area contributed by atoms with Crippen LogP contribution in [0.15, 0.2) is 164 Å². The summed E-state index contributed by atoms with van der Waals surface area (Å²) >= 11 is 0. The summed E-state index contributed by atoms with van der Waals surface area (Å²) in [6.07, 6.45) is 10.9. The zero-order chi connectivity index (χ0) is 81.4. The molecular formula is C92H117Ir4N11O8-4. The maximum atomic E-state index is 8.56. The van der Waals surface area contributed by atoms with Crippen molar-refractivity contribution in [3.8, 4) is 45.0 Å². The molecule has 8 N–H and O–H groups in total. The predicted octanol–water partition coefficient (Wildman–Crippen LogP) is 16.2. The Morgan fingerprint density at radius 3 is 1.03 bits per heavy atom. The summed E-state index contributed by atoms with van der Waals surface area (Å²) in [6, 6.07) is 61.2. The number of hydrogen-bond acceptors (Lipinski definition) is 19. The second-order valence-corrected chi connectivity index (χ2v) is 29.0. The van der Waals surface area contributed by atoms with Crippen LogP contribution in [0.2, 0.25) is 0 Å². The predicted molar refractivity (Wildman–Crippen MR) is 450 cm³/mol. The van der Waals surface area contributed by atoms with Crippen molar-refractivity contribution in [2.24, 2.45) is 0 Å². The van der Waals surface area contributed by atoms with E-state index in [1.807, 2.05) is 129 Å². The van der Waals surface area contributed by atoms with Gasteiger partial charge in [0.2, 0.25) is 0 Å². The summed E-state index contributed by atoms with van der Waals surface area (Å²) in [5, 5.41) is 70.9. The molecule has 6 heterocycles. The number of para-hydroxylation sites is 2. The van der Waals surface area contributed by atoms with Gasteiger partial charge < -0.3 is 75.5 Å². The molecule has 0 saturated heterocycles. The molecule has 2 aliphatic rings. The smallest absolute Gasteiger partial charge is 0.0539 e. The van der Waals surface area contributed by atoms with Gasteiger partial charge in [0.1, 0.15) is 0 Å². The van der Waals surface area contributed by atoms with Gasteiger partial charge in [-0.1, -0.05) is 66.0 Å². The normalized spacial score (nSPS) is 13.4. The number of fused-ring (bicyclic) bond motifs is 1. The molecule has 0 bridgehead atoms. The Morgan fingerprint density at radius 1 is 0.365 bits per heavy atom. The maximum absolute atomic E-state index is 8.56. The van der Waals surface area contributed by atoms with Gasteiger partial charge in [-0.3, -0.25) is 19.9 Å². The quantitative estimate of drug-likeness (QED) is 0.0418. The fourth-order valence-electron chi connectivity index (χ4n) is 12.7. The van der Waals surface area contributed by atoms with E-state index in [1.54, 1.807) is 74.0 Å². The number of hydrogen-bond donors (Lipinski definition) is 8. The van der Waals surface area contributed by atoms with Crippen molar-refractivity contribution in [3.63, 3.8) is 0 Å². The van der Waals surface area contributed by atoms with Crippen LogP contribution < -0.4 is 14.7 Å². The van der Waals surface area contributed by atoms with Crippen molar-refractivity contribution in [1.29, 1.82) is 0 Å². The van der Waals surface area contributed by atoms with E-state index in [9.17, 15) is 0 Å². The molecule has 4 radical (unpaired) electrons. The summed E-state index contributed by atoms with van der Waals surface area (Å²) in [5.41, 5.74) is 24.0. The second-order valence-electron chi connectivity index (χ2n) is 29.0. The number of benzene rings is 7. The first-order valence-electron chi connectivity index (χ1n) is 38.3. The Kier molecular flexibility index (Phi) is 48.1. The third-order valence-corrected chi connectivity index (χ3v) is 17.3. The maximum Gasteiger partial charge on any atom is 0.0539 e. The summed E-state index contributed by atoms with van der Waals surface area (Å²) in [7, 11) is 4.03. The topological polar surface area (TPSA) is 275 Å². The third kappa shape index (κ3) is 35.9. The van der Waals surface area contributed by atoms with E-state index < -0.39 is 0 Å². The molecule has 0 spiro atoms. The molecule has 7 aromatic carbocycles. The van der Waals surface area contributed by atoms with Gasteiger partial charge in [-0.2, -0.15) is 0 Å². The molecule has 0 fully saturated rings. The van der Waals surface area contributed by atoms with E-state index in [-0.39, 0.29) is 129 Å². The number of aliphatic hydroxyl groups excluding tert-OH is 8. The minimum Gasteiger partial charge on any atom is -0.416 e. The molecule has 23 heteroatoms. The molecule has 2 aliphatic heterocycles. The van der Waals surface area contributed by atoms with E-state index in [4.69, 9.17) is 40.9 Å². The zero-order valence-corrected chi connectivity index (χ0v) is 79.2. The zero-order valence-electron chi connectivity index (χ0n) is 69.6. The van der Waals surface area contributed by atoms with Crippen molar-refractivity contribution in [2.75, 3.05) is 41.9 Å². The number of anilines is 5. The number of aromatic nitrogens is 8. The van der Waals surface area contributed by atoms with Gasteiger partial charge in [0.25, 0.3) is 0 Å². The van der Waals surface area contributed by atoms with Crippen molar-refractivity contribution >= 4 is 39.2 Å². The minimum absolute atomic E-state index is 0. The summed E-state index contributed by atoms with van der Waals surface area (Å²) in [5.74, 6) is 0. The van der Waals surface area contributed by atoms with Gasteiger partial charge >= 0.3 is 0 Å². The molecule has 0 amide bonds. The summed E-state index contributed by atoms with van der Waals surface area (Å²) in [6.45, 7) is 31.5. The second kappa shape index (κ2) is 53.3. The first-order chi connectivity index (χ1) is 52.8. The van der Waals surface area contributed by atoms with Crippen LogP contribution in [0, 0.1) is 79.7 Å². The molecule has 13 rings (SSSR count). The Labute approximate surface area is 737 Å². The van der Waals surface area contributed by atoms with Gasteiger partial charge in [-0.05, 0) is 218 Å². The van der Waals surface area contributed by atoms with Gasteiger partial charge in [0, 0.05) is 175 Å². The van der Waals surface area contributed by atoms with Crippen LogP contribution in [0.5, 0.6) is 0 Å². The standard InChI is InChI=1S/C24H20N3.C18H20N3.C16H13N2.C14H16N3.4C5H12O2.4Ir/c1-18-17-25-24(19(2)26-18)20-13-15-23(16-14-20)27(21-9-5-3-6-10-21)22-11-7-4-8-12-22;1-12-11-19-17(13(2)20-12)16-9-14-5-3-7-21-8-4-6-15(10-16)18(14)21;1-11-10-17-16(12(2)18-11)15-8-7-13-5-3-4-6-14(13)9-15;1-10-9-15-14(11(2)16-10)12-5-7-13(8-6-12)17(3)4;4*1-4(6)3-5(2)7;;;;/h3-13,15-17H,1-2H3;9,11H,3-8H2,1-2H3;3-7,9-10H,1-2H3;5,7-9H,1-4H3;4*4-7H,3H2,1-2H3;;;;/q4*-1;;;;;;;;. The average molecular weight is 2270 g/mol. The van der Waals surface area contributed by atoms with Crippen LogP contribution in [0.3, 0.4) is 0 Å². The van der Waals surface area contributed by atoms with Crippen LogP contribution in [-0.4, -0.2) is 157 Å². The molecule has 4 aromatic heterocycles. The first kappa shape index (κ1) is 104. The Balaban J connectivity index is 0.000000467. The fourth-order valence-corrected chi connectivity index (χ4v) is 12.7. The van der Waals surface area contributed by atoms with Crippen molar-refractivity contribution < 1.29 is 121 Å². The number of aryl methyl sites for hydroxylation is 10. The summed E-state index contributed by atoms with van der Waals surface area (Å²) < 4.78 is 0. The van der Waals surface area contributed by atoms with E-state index in [1.165, 1.54) is 59.9 Å². The van der Waals surface area contributed by atoms with Crippen molar-refractivity contribution in [3.05, 3.63) is 245 Å². The molecule has 8 atom stereocenters. The monoisotopic (exact) mass is 2280 g/mol. The van der Waals surface area contributed by atoms with Crippen LogP contribution in [0.4, 0.5) is 28.4 Å². The molecule has 115 heavy (non-hydrogen) atoms. The van der Waals surface area contributed by atoms with Crippen LogP contribution in [0.25, 0.3) is 55.8 Å². The number of rotatable bonds is 16. The van der Waals surface area contributed by atoms with E-state index in [0.29, 0.717) is 25.7 Å². The van der Waals surface area contributed by atoms with Crippen molar-refractivity contribution in [1.82, 2.24) is 39.9 Å². The first-order valence-corrected chi connectivity index (χ1v) is 38.3. The molecule has 0 saturated carbocycles. The van der Waals surface area contributed by atoms with Crippen LogP contribution in [0.1, 0.15) is 151 Å². The molecule has 628 valence electrons. The van der Waals surface area contributed by atoms with Gasteiger partial charge in [0.05, 0.1) is 71.6 Å². The number of aliphatic hydroxyl groups is 8. The Hall–Kier alpha value is -7.20. The van der Waals surface area contributed by atoms with E-state index in [0.717, 1.165) is 120 Å². The SMILES string of the molecule is CC(O)CC(C)O.CC(O)CC(C)O.CC(O)CC(C)O.CC(O)CC(C)O.Cc1cnc(-c2[c-]c3c4c(c2)CCCN4CCC3)c(C)n1.Cc1cnc(-c2[c-]cc(N(C)C)cc2)c(C)n1.Cc1cnc(-c2[c-]cc(N(c3ccccc3)c3ccccc3)cc2)c(C)n1.Cc1cnc(-c2[c-]cc3ccccc3c2)c(C)n1.[Ir].[Ir].[Ir].[Ir]. The van der Waals surface area contributed by atoms with Gasteiger partial charge in [-0.25, -0.2) is 0 Å². The van der Waals surface area contributed by atoms with E-state index >= 15 is 0 Å². The van der Waals surface area contributed by atoms with E-state index in [2.05, 4.69) is 165 Å². The fraction of sp³-hybridized carbons (Fsp3) is 0.391. The number of nitrogens with zero attached hydrogens (tertiary/aromatic N) is 11. The minimum atomic E-state index is -0.375. The summed E-state index contributed by atoms with van der Waals surface area (Å²) in [4.78, 5) is 42.7. The molecule has 19 nitrogen and oxygen atoms in total. The third-order valence-electron chi connectivity index (χ3n) is 17.3. The molecule has 8 unspecified atom stereocenters. The van der Waals surface area contributed by atoms with Gasteiger partial charge in [0.15, 0.2) is 0 Å².